The van der Waals surface area contributed by atoms with Gasteiger partial charge in [0.05, 0.1) is 6.20 Å². The SMILES string of the molecule is CC1OC(c2ccccc2NC(=O)c2ccn3ncc(-c4cccc(Cl)c4)c3n2)O1. The summed E-state index contributed by atoms with van der Waals surface area (Å²) in [5.74, 6) is -0.337. The number of halogens is 1. The van der Waals surface area contributed by atoms with Gasteiger partial charge in [0, 0.05) is 28.0 Å². The molecule has 0 atom stereocenters. The third-order valence-electron chi connectivity index (χ3n) is 4.83. The lowest BCUT2D eigenvalue weighted by Crippen LogP contribution is -2.32. The largest absolute Gasteiger partial charge is 0.320 e. The van der Waals surface area contributed by atoms with E-state index in [1.807, 2.05) is 43.3 Å². The Morgan fingerprint density at radius 1 is 1.13 bits per heavy atom. The number of carbonyl (C=O) groups is 1. The van der Waals surface area contributed by atoms with E-state index in [-0.39, 0.29) is 17.9 Å². The molecule has 8 heteroatoms. The highest BCUT2D eigenvalue weighted by Gasteiger charge is 2.30. The predicted octanol–water partition coefficient (Wildman–Crippen LogP) is 4.69. The molecule has 5 rings (SSSR count). The summed E-state index contributed by atoms with van der Waals surface area (Å²) in [5, 5.41) is 7.84. The van der Waals surface area contributed by atoms with Crippen LogP contribution in [0.4, 0.5) is 5.69 Å². The van der Waals surface area contributed by atoms with E-state index in [2.05, 4.69) is 15.4 Å². The second-order valence-electron chi connectivity index (χ2n) is 6.86. The molecule has 0 unspecified atom stereocenters. The van der Waals surface area contributed by atoms with Crippen LogP contribution < -0.4 is 5.32 Å². The van der Waals surface area contributed by atoms with Crippen LogP contribution in [0.3, 0.4) is 0 Å². The number of anilines is 1. The highest BCUT2D eigenvalue weighted by atomic mass is 35.5. The number of amides is 1. The summed E-state index contributed by atoms with van der Waals surface area (Å²) in [4.78, 5) is 17.5. The number of carbonyl (C=O) groups excluding carboxylic acids is 1. The minimum Gasteiger partial charge on any atom is -0.320 e. The molecule has 3 heterocycles. The predicted molar refractivity (Wildman–Crippen MR) is 112 cm³/mol. The molecule has 0 radical (unpaired) electrons. The third-order valence-corrected chi connectivity index (χ3v) is 5.07. The molecule has 4 aromatic rings. The van der Waals surface area contributed by atoms with E-state index >= 15 is 0 Å². The Bertz CT molecular complexity index is 1250. The molecule has 1 aliphatic heterocycles. The van der Waals surface area contributed by atoms with Gasteiger partial charge < -0.3 is 14.8 Å². The summed E-state index contributed by atoms with van der Waals surface area (Å²) in [5.41, 5.74) is 3.88. The molecular formula is C22H17ClN4O3. The Morgan fingerprint density at radius 2 is 1.97 bits per heavy atom. The lowest BCUT2D eigenvalue weighted by atomic mass is 10.1. The number of fused-ring (bicyclic) bond motifs is 1. The quantitative estimate of drug-likeness (QED) is 0.518. The Morgan fingerprint density at radius 3 is 2.77 bits per heavy atom. The number of nitrogens with one attached hydrogen (secondary N) is 1. The summed E-state index contributed by atoms with van der Waals surface area (Å²) in [6.07, 6.45) is 2.67. The zero-order valence-corrected chi connectivity index (χ0v) is 16.7. The van der Waals surface area contributed by atoms with Crippen molar-refractivity contribution in [2.24, 2.45) is 0 Å². The molecule has 0 bridgehead atoms. The topological polar surface area (TPSA) is 77.8 Å². The number of hydrogen-bond acceptors (Lipinski definition) is 5. The first-order valence-corrected chi connectivity index (χ1v) is 9.78. The zero-order valence-electron chi connectivity index (χ0n) is 15.9. The maximum Gasteiger partial charge on any atom is 0.274 e. The average molecular weight is 421 g/mol. The summed E-state index contributed by atoms with van der Waals surface area (Å²) in [6.45, 7) is 1.82. The minimum atomic E-state index is -0.490. The van der Waals surface area contributed by atoms with E-state index in [1.54, 1.807) is 35.1 Å². The molecule has 0 saturated carbocycles. The Hall–Kier alpha value is -3.26. The second kappa shape index (κ2) is 7.53. The molecule has 2 aromatic carbocycles. The highest BCUT2D eigenvalue weighted by Crippen LogP contribution is 2.35. The van der Waals surface area contributed by atoms with Crippen molar-refractivity contribution in [3.8, 4) is 11.1 Å². The fourth-order valence-corrected chi connectivity index (χ4v) is 3.55. The van der Waals surface area contributed by atoms with Crippen molar-refractivity contribution in [3.05, 3.63) is 83.3 Å². The van der Waals surface area contributed by atoms with Gasteiger partial charge in [-0.05, 0) is 36.8 Å². The van der Waals surface area contributed by atoms with Gasteiger partial charge in [0.2, 0.25) is 0 Å². The van der Waals surface area contributed by atoms with E-state index in [4.69, 9.17) is 21.1 Å². The number of ether oxygens (including phenoxy) is 2. The molecule has 1 amide bonds. The van der Waals surface area contributed by atoms with Crippen molar-refractivity contribution < 1.29 is 14.3 Å². The van der Waals surface area contributed by atoms with Crippen LogP contribution in [0.25, 0.3) is 16.8 Å². The Labute approximate surface area is 177 Å². The van der Waals surface area contributed by atoms with E-state index in [0.29, 0.717) is 16.4 Å². The Balaban J connectivity index is 1.46. The number of aromatic nitrogens is 3. The van der Waals surface area contributed by atoms with Crippen molar-refractivity contribution in [3.63, 3.8) is 0 Å². The number of para-hydroxylation sites is 1. The molecule has 150 valence electrons. The van der Waals surface area contributed by atoms with Gasteiger partial charge in [0.15, 0.2) is 18.2 Å². The van der Waals surface area contributed by atoms with Crippen LogP contribution in [0.1, 0.15) is 29.3 Å². The van der Waals surface area contributed by atoms with Gasteiger partial charge in [0.25, 0.3) is 5.91 Å². The maximum absolute atomic E-state index is 12.9. The van der Waals surface area contributed by atoms with E-state index < -0.39 is 6.29 Å². The monoisotopic (exact) mass is 420 g/mol. The normalized spacial score (nSPS) is 18.2. The lowest BCUT2D eigenvalue weighted by Gasteiger charge is -2.34. The fraction of sp³-hybridized carbons (Fsp3) is 0.136. The first-order valence-electron chi connectivity index (χ1n) is 9.40. The van der Waals surface area contributed by atoms with Crippen LogP contribution in [-0.2, 0) is 9.47 Å². The van der Waals surface area contributed by atoms with E-state index in [0.717, 1.165) is 16.7 Å². The average Bonchev–Trinajstić information content (AvgIpc) is 3.15. The van der Waals surface area contributed by atoms with Gasteiger partial charge in [-0.1, -0.05) is 41.9 Å². The molecule has 1 fully saturated rings. The Kier molecular flexibility index (Phi) is 4.71. The molecule has 7 nitrogen and oxygen atoms in total. The van der Waals surface area contributed by atoms with Crippen LogP contribution >= 0.6 is 11.6 Å². The summed E-state index contributed by atoms with van der Waals surface area (Å²) in [7, 11) is 0. The summed E-state index contributed by atoms with van der Waals surface area (Å²) < 4.78 is 12.7. The smallest absolute Gasteiger partial charge is 0.274 e. The van der Waals surface area contributed by atoms with Gasteiger partial charge in [0.1, 0.15) is 5.69 Å². The standard InChI is InChI=1S/C22H17ClN4O3/c1-13-29-22(30-13)16-7-2-3-8-18(16)26-21(28)19-9-10-27-20(25-19)17(12-24-27)14-5-4-6-15(23)11-14/h2-13,22H,1H3,(H,26,28). The first kappa shape index (κ1) is 18.7. The lowest BCUT2D eigenvalue weighted by molar-refractivity contribution is -0.382. The van der Waals surface area contributed by atoms with Crippen LogP contribution in [-0.4, -0.2) is 26.8 Å². The second-order valence-corrected chi connectivity index (χ2v) is 7.30. The van der Waals surface area contributed by atoms with Crippen molar-refractivity contribution in [2.75, 3.05) is 5.32 Å². The van der Waals surface area contributed by atoms with Gasteiger partial charge in [-0.2, -0.15) is 5.10 Å². The van der Waals surface area contributed by atoms with Gasteiger partial charge in [-0.3, -0.25) is 4.79 Å². The molecule has 0 aliphatic carbocycles. The molecule has 1 aliphatic rings. The van der Waals surface area contributed by atoms with E-state index in [9.17, 15) is 4.79 Å². The van der Waals surface area contributed by atoms with Crippen molar-refractivity contribution >= 4 is 28.8 Å². The van der Waals surface area contributed by atoms with Crippen LogP contribution in [0, 0.1) is 0 Å². The van der Waals surface area contributed by atoms with Crippen LogP contribution in [0.15, 0.2) is 67.0 Å². The number of hydrogen-bond donors (Lipinski definition) is 1. The third kappa shape index (κ3) is 3.43. The van der Waals surface area contributed by atoms with Crippen molar-refractivity contribution in [1.82, 2.24) is 14.6 Å². The minimum absolute atomic E-state index is 0.255. The summed E-state index contributed by atoms with van der Waals surface area (Å²) >= 11 is 6.12. The zero-order chi connectivity index (χ0) is 20.7. The molecule has 30 heavy (non-hydrogen) atoms. The van der Waals surface area contributed by atoms with E-state index in [1.165, 1.54) is 0 Å². The molecule has 2 aromatic heterocycles. The maximum atomic E-state index is 12.9. The van der Waals surface area contributed by atoms with Gasteiger partial charge >= 0.3 is 0 Å². The molecule has 1 N–H and O–H groups in total. The fourth-order valence-electron chi connectivity index (χ4n) is 3.36. The van der Waals surface area contributed by atoms with Crippen molar-refractivity contribution in [2.45, 2.75) is 19.5 Å². The molecule has 0 spiro atoms. The van der Waals surface area contributed by atoms with Crippen molar-refractivity contribution in [1.29, 1.82) is 0 Å². The molecule has 1 saturated heterocycles. The number of benzene rings is 2. The van der Waals surface area contributed by atoms with Crippen LogP contribution in [0.5, 0.6) is 0 Å². The first-order chi connectivity index (χ1) is 14.6. The van der Waals surface area contributed by atoms with Gasteiger partial charge in [-0.25, -0.2) is 9.50 Å². The number of rotatable bonds is 4. The van der Waals surface area contributed by atoms with Crippen LogP contribution in [0.2, 0.25) is 5.02 Å². The highest BCUT2D eigenvalue weighted by molar-refractivity contribution is 6.30. The summed E-state index contributed by atoms with van der Waals surface area (Å²) in [6, 6.07) is 16.4. The van der Waals surface area contributed by atoms with Gasteiger partial charge in [-0.15, -0.1) is 0 Å². The number of nitrogens with zero attached hydrogens (tertiary/aromatic N) is 3. The molecular weight excluding hydrogens is 404 g/mol.